The maximum atomic E-state index is 11.6. The van der Waals surface area contributed by atoms with Crippen molar-refractivity contribution >= 4 is 27.5 Å². The van der Waals surface area contributed by atoms with Crippen LogP contribution in [0.25, 0.3) is 0 Å². The van der Waals surface area contributed by atoms with Gasteiger partial charge in [0.15, 0.2) is 0 Å². The van der Waals surface area contributed by atoms with Crippen molar-refractivity contribution in [2.24, 2.45) is 5.73 Å². The second-order valence-corrected chi connectivity index (χ2v) is 7.91. The van der Waals surface area contributed by atoms with E-state index in [0.717, 1.165) is 16.9 Å². The number of thioether (sulfide) groups is 1. The van der Waals surface area contributed by atoms with Crippen molar-refractivity contribution in [2.45, 2.75) is 17.4 Å². The fraction of sp³-hybridized carbons (Fsp3) is 0.462. The molecule has 1 aromatic rings. The molecule has 0 aliphatic heterocycles. The minimum Gasteiger partial charge on any atom is -0.354 e. The lowest BCUT2D eigenvalue weighted by molar-refractivity contribution is -0.122. The summed E-state index contributed by atoms with van der Waals surface area (Å²) in [6.07, 6.45) is 1.28. The number of hydrogen-bond donors (Lipinski definition) is 2. The van der Waals surface area contributed by atoms with Gasteiger partial charge in [-0.15, -0.1) is 11.8 Å². The van der Waals surface area contributed by atoms with E-state index < -0.39 is 15.9 Å². The summed E-state index contributed by atoms with van der Waals surface area (Å²) in [4.78, 5) is 12.8. The summed E-state index contributed by atoms with van der Waals surface area (Å²) in [5.74, 6) is 0.372. The van der Waals surface area contributed by atoms with Gasteiger partial charge in [-0.25, -0.2) is 8.42 Å². The van der Waals surface area contributed by atoms with E-state index in [1.54, 1.807) is 11.8 Å². The summed E-state index contributed by atoms with van der Waals surface area (Å²) in [7, 11) is -3.08. The van der Waals surface area contributed by atoms with Gasteiger partial charge in [-0.1, -0.05) is 18.2 Å². The molecule has 1 aromatic carbocycles. The zero-order valence-electron chi connectivity index (χ0n) is 11.4. The van der Waals surface area contributed by atoms with Crippen LogP contribution in [0.3, 0.4) is 0 Å². The highest BCUT2D eigenvalue weighted by Crippen LogP contribution is 2.15. The molecule has 0 aromatic heterocycles. The molecule has 0 heterocycles. The highest BCUT2D eigenvalue weighted by atomic mass is 32.2. The van der Waals surface area contributed by atoms with Gasteiger partial charge >= 0.3 is 0 Å². The molecular weight excluding hydrogens is 296 g/mol. The highest BCUT2D eigenvalue weighted by Gasteiger charge is 2.15. The zero-order valence-corrected chi connectivity index (χ0v) is 13.0. The summed E-state index contributed by atoms with van der Waals surface area (Å²) >= 11 is 1.64. The number of hydrogen-bond acceptors (Lipinski definition) is 5. The van der Waals surface area contributed by atoms with Crippen molar-refractivity contribution < 1.29 is 13.2 Å². The third-order valence-corrected chi connectivity index (χ3v) is 4.54. The van der Waals surface area contributed by atoms with Gasteiger partial charge in [0.2, 0.25) is 5.91 Å². The lowest BCUT2D eigenvalue weighted by Crippen LogP contribution is -2.42. The molecule has 0 spiro atoms. The number of amides is 1. The van der Waals surface area contributed by atoms with Crippen LogP contribution in [0, 0.1) is 0 Å². The van der Waals surface area contributed by atoms with Crippen molar-refractivity contribution in [3.8, 4) is 0 Å². The maximum absolute atomic E-state index is 11.6. The molecule has 112 valence electrons. The Morgan fingerprint density at radius 3 is 2.60 bits per heavy atom. The second kappa shape index (κ2) is 8.28. The Bertz CT molecular complexity index is 518. The summed E-state index contributed by atoms with van der Waals surface area (Å²) in [5, 5.41) is 2.71. The molecule has 1 rings (SSSR count). The van der Waals surface area contributed by atoms with Gasteiger partial charge in [0, 0.05) is 23.4 Å². The van der Waals surface area contributed by atoms with Crippen LogP contribution in [-0.2, 0) is 14.6 Å². The molecule has 0 fully saturated rings. The first kappa shape index (κ1) is 17.0. The van der Waals surface area contributed by atoms with Crippen LogP contribution < -0.4 is 11.1 Å². The van der Waals surface area contributed by atoms with E-state index in [0.29, 0.717) is 6.54 Å². The Labute approximate surface area is 124 Å². The SMILES string of the molecule is CS(=O)(=O)CCC(N)C(=O)NCCSc1ccccc1. The minimum absolute atomic E-state index is 0.0691. The zero-order chi connectivity index (χ0) is 15.0. The van der Waals surface area contributed by atoms with Gasteiger partial charge in [0.05, 0.1) is 11.8 Å². The van der Waals surface area contributed by atoms with E-state index in [2.05, 4.69) is 5.32 Å². The van der Waals surface area contributed by atoms with Crippen molar-refractivity contribution in [1.29, 1.82) is 0 Å². The molecule has 0 radical (unpaired) electrons. The maximum Gasteiger partial charge on any atom is 0.236 e. The number of rotatable bonds is 8. The number of sulfone groups is 1. The van der Waals surface area contributed by atoms with E-state index in [1.165, 1.54) is 0 Å². The summed E-state index contributed by atoms with van der Waals surface area (Å²) in [6.45, 7) is 0.505. The van der Waals surface area contributed by atoms with Crippen molar-refractivity contribution in [2.75, 3.05) is 24.3 Å². The average Bonchev–Trinajstić information content (AvgIpc) is 2.41. The second-order valence-electron chi connectivity index (χ2n) is 4.48. The van der Waals surface area contributed by atoms with Gasteiger partial charge in [0.1, 0.15) is 9.84 Å². The van der Waals surface area contributed by atoms with Crippen LogP contribution >= 0.6 is 11.8 Å². The van der Waals surface area contributed by atoms with E-state index in [-0.39, 0.29) is 18.1 Å². The standard InChI is InChI=1S/C13H20N2O3S2/c1-20(17,18)10-7-12(14)13(16)15-8-9-19-11-5-3-2-4-6-11/h2-6,12H,7-10,14H2,1H3,(H,15,16). The molecule has 1 unspecified atom stereocenters. The largest absolute Gasteiger partial charge is 0.354 e. The number of nitrogens with one attached hydrogen (secondary N) is 1. The third kappa shape index (κ3) is 7.52. The van der Waals surface area contributed by atoms with Crippen LogP contribution in [0.15, 0.2) is 35.2 Å². The molecule has 1 atom stereocenters. The smallest absolute Gasteiger partial charge is 0.236 e. The van der Waals surface area contributed by atoms with Gasteiger partial charge < -0.3 is 11.1 Å². The van der Waals surface area contributed by atoms with Crippen LogP contribution in [-0.4, -0.2) is 44.7 Å². The fourth-order valence-electron chi connectivity index (χ4n) is 1.46. The Kier molecular flexibility index (Phi) is 7.04. The average molecular weight is 316 g/mol. The van der Waals surface area contributed by atoms with E-state index in [1.807, 2.05) is 30.3 Å². The quantitative estimate of drug-likeness (QED) is 0.543. The van der Waals surface area contributed by atoms with Crippen LogP contribution in [0.4, 0.5) is 0 Å². The Morgan fingerprint density at radius 2 is 2.00 bits per heavy atom. The van der Waals surface area contributed by atoms with Crippen molar-refractivity contribution in [3.05, 3.63) is 30.3 Å². The van der Waals surface area contributed by atoms with Gasteiger partial charge in [-0.05, 0) is 18.6 Å². The number of benzene rings is 1. The first-order chi connectivity index (χ1) is 9.38. The molecule has 0 aliphatic carbocycles. The third-order valence-electron chi connectivity index (χ3n) is 2.55. The first-order valence-corrected chi connectivity index (χ1v) is 9.32. The Hall–Kier alpha value is -1.05. The lowest BCUT2D eigenvalue weighted by Gasteiger charge is -2.11. The molecule has 1 amide bonds. The molecule has 5 nitrogen and oxygen atoms in total. The molecule has 7 heteroatoms. The first-order valence-electron chi connectivity index (χ1n) is 6.27. The number of carbonyl (C=O) groups is 1. The molecule has 0 saturated carbocycles. The monoisotopic (exact) mass is 316 g/mol. The van der Waals surface area contributed by atoms with E-state index >= 15 is 0 Å². The van der Waals surface area contributed by atoms with Gasteiger partial charge in [-0.3, -0.25) is 4.79 Å². The molecular formula is C13H20N2O3S2. The summed E-state index contributed by atoms with van der Waals surface area (Å²) < 4.78 is 22.0. The van der Waals surface area contributed by atoms with Crippen molar-refractivity contribution in [1.82, 2.24) is 5.32 Å². The minimum atomic E-state index is -3.08. The van der Waals surface area contributed by atoms with E-state index in [9.17, 15) is 13.2 Å². The topological polar surface area (TPSA) is 89.3 Å². The van der Waals surface area contributed by atoms with Gasteiger partial charge in [-0.2, -0.15) is 0 Å². The van der Waals surface area contributed by atoms with Crippen LogP contribution in [0.1, 0.15) is 6.42 Å². The molecule has 0 saturated heterocycles. The van der Waals surface area contributed by atoms with Crippen molar-refractivity contribution in [3.63, 3.8) is 0 Å². The lowest BCUT2D eigenvalue weighted by atomic mass is 10.2. The number of carbonyl (C=O) groups excluding carboxylic acids is 1. The van der Waals surface area contributed by atoms with Gasteiger partial charge in [0.25, 0.3) is 0 Å². The highest BCUT2D eigenvalue weighted by molar-refractivity contribution is 7.99. The summed E-state index contributed by atoms with van der Waals surface area (Å²) in [5.41, 5.74) is 5.63. The Balaban J connectivity index is 2.19. The molecule has 3 N–H and O–H groups in total. The normalized spacial score (nSPS) is 12.9. The molecule has 20 heavy (non-hydrogen) atoms. The van der Waals surface area contributed by atoms with E-state index in [4.69, 9.17) is 5.73 Å². The molecule has 0 aliphatic rings. The number of nitrogens with two attached hydrogens (primary N) is 1. The predicted molar refractivity (Wildman–Crippen MR) is 82.5 cm³/mol. The molecule has 0 bridgehead atoms. The predicted octanol–water partition coefficient (Wildman–Crippen LogP) is 0.657. The van der Waals surface area contributed by atoms with Crippen LogP contribution in [0.5, 0.6) is 0 Å². The Morgan fingerprint density at radius 1 is 1.35 bits per heavy atom. The fourth-order valence-corrected chi connectivity index (χ4v) is 2.93. The van der Waals surface area contributed by atoms with Crippen LogP contribution in [0.2, 0.25) is 0 Å². The summed E-state index contributed by atoms with van der Waals surface area (Å²) in [6, 6.07) is 9.11.